The lowest BCUT2D eigenvalue weighted by Gasteiger charge is -2.07. The van der Waals surface area contributed by atoms with Gasteiger partial charge in [0.15, 0.2) is 0 Å². The number of hydrogen-bond donors (Lipinski definition) is 0. The summed E-state index contributed by atoms with van der Waals surface area (Å²) in [4.78, 5) is 5.48. The van der Waals surface area contributed by atoms with Gasteiger partial charge in [-0.1, -0.05) is 11.6 Å². The van der Waals surface area contributed by atoms with Crippen molar-refractivity contribution >= 4 is 22.9 Å². The Bertz CT molecular complexity index is 481. The van der Waals surface area contributed by atoms with Crippen LogP contribution in [0, 0.1) is 6.92 Å². The molecule has 0 unspecified atom stereocenters. The highest BCUT2D eigenvalue weighted by molar-refractivity contribution is 7.10. The number of rotatable bonds is 2. The largest absolute Gasteiger partial charge is 0.496 e. The third-order valence-electron chi connectivity index (χ3n) is 2.16. The van der Waals surface area contributed by atoms with E-state index >= 15 is 0 Å². The summed E-state index contributed by atoms with van der Waals surface area (Å²) in [5, 5.41) is 0.693. The smallest absolute Gasteiger partial charge is 0.128 e. The Morgan fingerprint density at radius 2 is 2.20 bits per heavy atom. The molecular weight excluding hydrogens is 230 g/mol. The van der Waals surface area contributed by atoms with Gasteiger partial charge in [-0.2, -0.15) is 0 Å². The number of methoxy groups -OCH3 is 1. The van der Waals surface area contributed by atoms with Gasteiger partial charge in [-0.3, -0.25) is 0 Å². The minimum atomic E-state index is 0.693. The molecule has 2 nitrogen and oxygen atoms in total. The molecular formula is C11H10ClNOS. The van der Waals surface area contributed by atoms with E-state index in [0.29, 0.717) is 5.02 Å². The second kappa shape index (κ2) is 4.21. The zero-order valence-corrected chi connectivity index (χ0v) is 10.0. The summed E-state index contributed by atoms with van der Waals surface area (Å²) < 4.78 is 5.29. The van der Waals surface area contributed by atoms with Gasteiger partial charge in [-0.25, -0.2) is 4.98 Å². The summed E-state index contributed by atoms with van der Waals surface area (Å²) in [6, 6.07) is 5.55. The average molecular weight is 240 g/mol. The van der Waals surface area contributed by atoms with Gasteiger partial charge in [-0.15, -0.1) is 11.3 Å². The van der Waals surface area contributed by atoms with Crippen molar-refractivity contribution in [3.8, 4) is 17.0 Å². The van der Waals surface area contributed by atoms with Gasteiger partial charge in [-0.05, 0) is 25.1 Å². The summed E-state index contributed by atoms with van der Waals surface area (Å²) in [6.45, 7) is 2.04. The molecule has 0 bridgehead atoms. The summed E-state index contributed by atoms with van der Waals surface area (Å²) >= 11 is 7.58. The van der Waals surface area contributed by atoms with Crippen LogP contribution in [0.1, 0.15) is 4.88 Å². The van der Waals surface area contributed by atoms with Crippen LogP contribution in [0.2, 0.25) is 5.02 Å². The summed E-state index contributed by atoms with van der Waals surface area (Å²) in [5.74, 6) is 0.799. The summed E-state index contributed by atoms with van der Waals surface area (Å²) in [5.41, 5.74) is 3.72. The van der Waals surface area contributed by atoms with E-state index < -0.39 is 0 Å². The van der Waals surface area contributed by atoms with Gasteiger partial charge in [0, 0.05) is 15.5 Å². The zero-order valence-electron chi connectivity index (χ0n) is 8.45. The van der Waals surface area contributed by atoms with Gasteiger partial charge in [0.2, 0.25) is 0 Å². The standard InChI is InChI=1S/C11H10ClNOS/c1-7-11(13-6-15-7)9-5-8(12)3-4-10(9)14-2/h3-6H,1-2H3. The first-order chi connectivity index (χ1) is 7.22. The van der Waals surface area contributed by atoms with Crippen molar-refractivity contribution in [3.63, 3.8) is 0 Å². The zero-order chi connectivity index (χ0) is 10.8. The fourth-order valence-corrected chi connectivity index (χ4v) is 2.19. The van der Waals surface area contributed by atoms with E-state index in [-0.39, 0.29) is 0 Å². The molecule has 0 aliphatic rings. The number of hydrogen-bond acceptors (Lipinski definition) is 3. The summed E-state index contributed by atoms with van der Waals surface area (Å²) in [7, 11) is 1.65. The van der Waals surface area contributed by atoms with Crippen LogP contribution in [0.25, 0.3) is 11.3 Å². The van der Waals surface area contributed by atoms with Crippen molar-refractivity contribution < 1.29 is 4.74 Å². The average Bonchev–Trinajstić information content (AvgIpc) is 2.64. The van der Waals surface area contributed by atoms with Gasteiger partial charge < -0.3 is 4.74 Å². The molecule has 0 spiro atoms. The maximum Gasteiger partial charge on any atom is 0.128 e. The Morgan fingerprint density at radius 1 is 1.40 bits per heavy atom. The van der Waals surface area contributed by atoms with Crippen LogP contribution in [0.4, 0.5) is 0 Å². The molecule has 1 heterocycles. The lowest BCUT2D eigenvalue weighted by atomic mass is 10.1. The number of halogens is 1. The fourth-order valence-electron chi connectivity index (χ4n) is 1.43. The topological polar surface area (TPSA) is 22.1 Å². The van der Waals surface area contributed by atoms with E-state index in [1.165, 1.54) is 0 Å². The highest BCUT2D eigenvalue weighted by atomic mass is 35.5. The summed E-state index contributed by atoms with van der Waals surface area (Å²) in [6.07, 6.45) is 0. The van der Waals surface area contributed by atoms with Gasteiger partial charge >= 0.3 is 0 Å². The molecule has 1 aromatic heterocycles. The van der Waals surface area contributed by atoms with E-state index in [0.717, 1.165) is 21.9 Å². The number of ether oxygens (including phenoxy) is 1. The molecule has 0 N–H and O–H groups in total. The molecule has 1 aromatic carbocycles. The molecule has 0 aliphatic carbocycles. The van der Waals surface area contributed by atoms with E-state index in [9.17, 15) is 0 Å². The molecule has 0 atom stereocenters. The first-order valence-corrected chi connectivity index (χ1v) is 5.72. The van der Waals surface area contributed by atoms with Crippen molar-refractivity contribution in [2.75, 3.05) is 7.11 Å². The second-order valence-electron chi connectivity index (χ2n) is 3.10. The van der Waals surface area contributed by atoms with Crippen LogP contribution in [0.3, 0.4) is 0 Å². The highest BCUT2D eigenvalue weighted by Crippen LogP contribution is 2.34. The predicted molar refractivity (Wildman–Crippen MR) is 63.8 cm³/mol. The Hall–Kier alpha value is -1.06. The maximum absolute atomic E-state index is 5.96. The van der Waals surface area contributed by atoms with Crippen LogP contribution < -0.4 is 4.74 Å². The van der Waals surface area contributed by atoms with Crippen LogP contribution in [-0.4, -0.2) is 12.1 Å². The highest BCUT2D eigenvalue weighted by Gasteiger charge is 2.11. The van der Waals surface area contributed by atoms with E-state index in [2.05, 4.69) is 4.98 Å². The Labute approximate surface area is 97.5 Å². The van der Waals surface area contributed by atoms with E-state index in [1.807, 2.05) is 30.6 Å². The molecule has 78 valence electrons. The Kier molecular flexibility index (Phi) is 2.93. The van der Waals surface area contributed by atoms with Crippen molar-refractivity contribution in [1.29, 1.82) is 0 Å². The third-order valence-corrected chi connectivity index (χ3v) is 3.15. The van der Waals surface area contributed by atoms with Crippen LogP contribution in [-0.2, 0) is 0 Å². The van der Waals surface area contributed by atoms with Gasteiger partial charge in [0.25, 0.3) is 0 Å². The Balaban J connectivity index is 2.60. The number of thiazole rings is 1. The minimum absolute atomic E-state index is 0.693. The molecule has 0 aliphatic heterocycles. The number of nitrogens with zero attached hydrogens (tertiary/aromatic N) is 1. The molecule has 15 heavy (non-hydrogen) atoms. The van der Waals surface area contributed by atoms with Crippen molar-refractivity contribution in [2.45, 2.75) is 6.92 Å². The van der Waals surface area contributed by atoms with Crippen molar-refractivity contribution in [3.05, 3.63) is 33.6 Å². The predicted octanol–water partition coefficient (Wildman–Crippen LogP) is 3.78. The minimum Gasteiger partial charge on any atom is -0.496 e. The molecule has 2 aromatic rings. The lowest BCUT2D eigenvalue weighted by Crippen LogP contribution is -1.89. The first kappa shape index (κ1) is 10.5. The van der Waals surface area contributed by atoms with Gasteiger partial charge in [0.05, 0.1) is 18.3 Å². The number of aromatic nitrogens is 1. The Morgan fingerprint density at radius 3 is 2.80 bits per heavy atom. The van der Waals surface area contributed by atoms with Crippen molar-refractivity contribution in [1.82, 2.24) is 4.98 Å². The van der Waals surface area contributed by atoms with E-state index in [1.54, 1.807) is 18.4 Å². The molecule has 4 heteroatoms. The van der Waals surface area contributed by atoms with Crippen LogP contribution in [0.15, 0.2) is 23.7 Å². The maximum atomic E-state index is 5.96. The molecule has 2 rings (SSSR count). The van der Waals surface area contributed by atoms with E-state index in [4.69, 9.17) is 16.3 Å². The SMILES string of the molecule is COc1ccc(Cl)cc1-c1ncsc1C. The molecule has 0 amide bonds. The lowest BCUT2D eigenvalue weighted by molar-refractivity contribution is 0.416. The molecule has 0 radical (unpaired) electrons. The van der Waals surface area contributed by atoms with Crippen LogP contribution in [0.5, 0.6) is 5.75 Å². The molecule has 0 saturated carbocycles. The quantitative estimate of drug-likeness (QED) is 0.796. The van der Waals surface area contributed by atoms with Crippen molar-refractivity contribution in [2.24, 2.45) is 0 Å². The monoisotopic (exact) mass is 239 g/mol. The number of aryl methyl sites for hydroxylation is 1. The first-order valence-electron chi connectivity index (χ1n) is 4.46. The fraction of sp³-hybridized carbons (Fsp3) is 0.182. The van der Waals surface area contributed by atoms with Crippen LogP contribution >= 0.6 is 22.9 Å². The number of benzene rings is 1. The second-order valence-corrected chi connectivity index (χ2v) is 4.60. The molecule has 0 fully saturated rings. The van der Waals surface area contributed by atoms with Gasteiger partial charge in [0.1, 0.15) is 5.75 Å². The molecule has 0 saturated heterocycles. The normalized spacial score (nSPS) is 10.3. The third kappa shape index (κ3) is 1.98.